The van der Waals surface area contributed by atoms with Gasteiger partial charge in [0.05, 0.1) is 10.4 Å². The maximum atomic E-state index is 12.1. The van der Waals surface area contributed by atoms with Crippen molar-refractivity contribution in [1.29, 1.82) is 0 Å². The van der Waals surface area contributed by atoms with Crippen LogP contribution >= 0.6 is 11.3 Å². The van der Waals surface area contributed by atoms with Gasteiger partial charge in [-0.3, -0.25) is 9.78 Å². The largest absolute Gasteiger partial charge is 0.349 e. The van der Waals surface area contributed by atoms with E-state index in [2.05, 4.69) is 28.5 Å². The summed E-state index contributed by atoms with van der Waals surface area (Å²) in [4.78, 5) is 18.4. The van der Waals surface area contributed by atoms with Crippen LogP contribution in [-0.2, 0) is 0 Å². The highest BCUT2D eigenvalue weighted by molar-refractivity contribution is 7.17. The van der Waals surface area contributed by atoms with E-state index in [0.29, 0.717) is 6.04 Å². The van der Waals surface area contributed by atoms with Crippen LogP contribution in [-0.4, -0.2) is 16.9 Å². The Morgan fingerprint density at radius 2 is 2.00 bits per heavy atom. The number of nitrogens with one attached hydrogen (secondary N) is 1. The Kier molecular flexibility index (Phi) is 2.97. The summed E-state index contributed by atoms with van der Waals surface area (Å²) in [6, 6.07) is 14.4. The van der Waals surface area contributed by atoms with E-state index in [1.807, 2.05) is 24.3 Å². The zero-order chi connectivity index (χ0) is 14.2. The Hall–Kier alpha value is -2.20. The van der Waals surface area contributed by atoms with Crippen molar-refractivity contribution < 1.29 is 4.79 Å². The minimum absolute atomic E-state index is 0.0435. The second kappa shape index (κ2) is 4.97. The predicted octanol–water partition coefficient (Wildman–Crippen LogP) is 3.86. The van der Waals surface area contributed by atoms with Gasteiger partial charge in [0.1, 0.15) is 0 Å². The Morgan fingerprint density at radius 1 is 1.14 bits per heavy atom. The standard InChI is InChI=1S/C17H14N2OS/c20-17(19-12-6-7-12)15-9-8-14(21-15)13-5-1-3-11-4-2-10-18-16(11)13/h1-5,8-10,12H,6-7H2,(H,19,20). The monoisotopic (exact) mass is 294 g/mol. The van der Waals surface area contributed by atoms with E-state index in [4.69, 9.17) is 0 Å². The molecule has 21 heavy (non-hydrogen) atoms. The number of pyridine rings is 1. The van der Waals surface area contributed by atoms with Crippen molar-refractivity contribution in [2.75, 3.05) is 0 Å². The van der Waals surface area contributed by atoms with Crippen molar-refractivity contribution in [1.82, 2.24) is 10.3 Å². The van der Waals surface area contributed by atoms with Crippen molar-refractivity contribution >= 4 is 28.1 Å². The van der Waals surface area contributed by atoms with E-state index in [1.165, 1.54) is 11.3 Å². The van der Waals surface area contributed by atoms with E-state index in [0.717, 1.165) is 39.1 Å². The van der Waals surface area contributed by atoms with Gasteiger partial charge in [0.25, 0.3) is 5.91 Å². The third-order valence-corrected chi connectivity index (χ3v) is 4.76. The Morgan fingerprint density at radius 3 is 2.86 bits per heavy atom. The molecule has 2 aromatic heterocycles. The minimum atomic E-state index is 0.0435. The number of rotatable bonds is 3. The van der Waals surface area contributed by atoms with Gasteiger partial charge in [-0.25, -0.2) is 0 Å². The van der Waals surface area contributed by atoms with Gasteiger partial charge >= 0.3 is 0 Å². The lowest BCUT2D eigenvalue weighted by Gasteiger charge is -2.03. The SMILES string of the molecule is O=C(NC1CC1)c1ccc(-c2cccc3cccnc23)s1. The molecular formula is C17H14N2OS. The molecule has 0 unspecified atom stereocenters. The van der Waals surface area contributed by atoms with Crippen molar-refractivity contribution in [3.63, 3.8) is 0 Å². The van der Waals surface area contributed by atoms with Crippen molar-refractivity contribution in [2.24, 2.45) is 0 Å². The van der Waals surface area contributed by atoms with Gasteiger partial charge in [0.2, 0.25) is 0 Å². The first-order valence-electron chi connectivity index (χ1n) is 7.06. The Balaban J connectivity index is 1.72. The molecule has 0 bridgehead atoms. The molecule has 0 saturated heterocycles. The Bertz CT molecular complexity index is 815. The molecule has 1 amide bonds. The average molecular weight is 294 g/mol. The fourth-order valence-corrected chi connectivity index (χ4v) is 3.33. The number of nitrogens with zero attached hydrogens (tertiary/aromatic N) is 1. The van der Waals surface area contributed by atoms with Crippen LogP contribution in [0.1, 0.15) is 22.5 Å². The molecule has 0 atom stereocenters. The van der Waals surface area contributed by atoms with Gasteiger partial charge in [-0.05, 0) is 31.0 Å². The minimum Gasteiger partial charge on any atom is -0.349 e. The van der Waals surface area contributed by atoms with Crippen molar-refractivity contribution in [3.8, 4) is 10.4 Å². The van der Waals surface area contributed by atoms with Crippen LogP contribution in [0.3, 0.4) is 0 Å². The number of thiophene rings is 1. The summed E-state index contributed by atoms with van der Waals surface area (Å²) < 4.78 is 0. The number of hydrogen-bond donors (Lipinski definition) is 1. The van der Waals surface area contributed by atoms with Crippen molar-refractivity contribution in [2.45, 2.75) is 18.9 Å². The van der Waals surface area contributed by atoms with Gasteiger partial charge in [-0.15, -0.1) is 11.3 Å². The molecule has 104 valence electrons. The summed E-state index contributed by atoms with van der Waals surface area (Å²) in [5, 5.41) is 4.15. The number of hydrogen-bond acceptors (Lipinski definition) is 3. The van der Waals surface area contributed by atoms with Crippen LogP contribution < -0.4 is 5.32 Å². The fraction of sp³-hybridized carbons (Fsp3) is 0.176. The predicted molar refractivity (Wildman–Crippen MR) is 85.5 cm³/mol. The molecular weight excluding hydrogens is 280 g/mol. The highest BCUT2D eigenvalue weighted by Gasteiger charge is 2.24. The molecule has 1 N–H and O–H groups in total. The zero-order valence-electron chi connectivity index (χ0n) is 11.4. The molecule has 1 aliphatic carbocycles. The second-order valence-electron chi connectivity index (χ2n) is 5.29. The van der Waals surface area contributed by atoms with Gasteiger partial charge in [0.15, 0.2) is 0 Å². The third-order valence-electron chi connectivity index (χ3n) is 3.64. The molecule has 1 aliphatic rings. The number of aromatic nitrogens is 1. The molecule has 4 rings (SSSR count). The van der Waals surface area contributed by atoms with Crippen LogP contribution in [0.2, 0.25) is 0 Å². The maximum absolute atomic E-state index is 12.1. The molecule has 1 saturated carbocycles. The van der Waals surface area contributed by atoms with Crippen LogP contribution in [0.4, 0.5) is 0 Å². The summed E-state index contributed by atoms with van der Waals surface area (Å²) in [6.45, 7) is 0. The molecule has 0 aliphatic heterocycles. The van der Waals surface area contributed by atoms with Gasteiger partial charge in [-0.1, -0.05) is 24.3 Å². The number of fused-ring (bicyclic) bond motifs is 1. The first-order chi connectivity index (χ1) is 10.3. The molecule has 4 heteroatoms. The van der Waals surface area contributed by atoms with E-state index in [-0.39, 0.29) is 5.91 Å². The first-order valence-corrected chi connectivity index (χ1v) is 7.88. The van der Waals surface area contributed by atoms with E-state index < -0.39 is 0 Å². The zero-order valence-corrected chi connectivity index (χ0v) is 12.2. The normalized spacial score (nSPS) is 14.3. The number of para-hydroxylation sites is 1. The number of carbonyl (C=O) groups is 1. The van der Waals surface area contributed by atoms with Gasteiger partial charge < -0.3 is 5.32 Å². The number of benzene rings is 1. The summed E-state index contributed by atoms with van der Waals surface area (Å²) in [7, 11) is 0. The van der Waals surface area contributed by atoms with Gasteiger partial charge in [0, 0.05) is 28.1 Å². The lowest BCUT2D eigenvalue weighted by Crippen LogP contribution is -2.24. The van der Waals surface area contributed by atoms with Gasteiger partial charge in [-0.2, -0.15) is 0 Å². The number of amides is 1. The van der Waals surface area contributed by atoms with Crippen LogP contribution in [0, 0.1) is 0 Å². The summed E-state index contributed by atoms with van der Waals surface area (Å²) >= 11 is 1.53. The highest BCUT2D eigenvalue weighted by atomic mass is 32.1. The van der Waals surface area contributed by atoms with E-state index in [1.54, 1.807) is 6.20 Å². The van der Waals surface area contributed by atoms with E-state index >= 15 is 0 Å². The molecule has 1 aromatic carbocycles. The van der Waals surface area contributed by atoms with Crippen LogP contribution in [0.25, 0.3) is 21.3 Å². The molecule has 0 radical (unpaired) electrons. The summed E-state index contributed by atoms with van der Waals surface area (Å²) in [5.41, 5.74) is 2.07. The highest BCUT2D eigenvalue weighted by Crippen LogP contribution is 2.33. The lowest BCUT2D eigenvalue weighted by molar-refractivity contribution is 0.0955. The van der Waals surface area contributed by atoms with Crippen molar-refractivity contribution in [3.05, 3.63) is 53.5 Å². The third kappa shape index (κ3) is 2.43. The molecule has 1 fully saturated rings. The Labute approximate surface area is 126 Å². The molecule has 3 nitrogen and oxygen atoms in total. The smallest absolute Gasteiger partial charge is 0.261 e. The molecule has 0 spiro atoms. The quantitative estimate of drug-likeness (QED) is 0.797. The van der Waals surface area contributed by atoms with E-state index in [9.17, 15) is 4.79 Å². The van der Waals surface area contributed by atoms with Crippen LogP contribution in [0.5, 0.6) is 0 Å². The summed E-state index contributed by atoms with van der Waals surface area (Å²) in [5.74, 6) is 0.0435. The topological polar surface area (TPSA) is 42.0 Å². The summed E-state index contributed by atoms with van der Waals surface area (Å²) in [6.07, 6.45) is 4.02. The average Bonchev–Trinajstić information content (AvgIpc) is 3.19. The fourth-order valence-electron chi connectivity index (χ4n) is 2.39. The number of carbonyl (C=O) groups excluding carboxylic acids is 1. The first kappa shape index (κ1) is 12.5. The molecule has 2 heterocycles. The maximum Gasteiger partial charge on any atom is 0.261 e. The van der Waals surface area contributed by atoms with Crippen LogP contribution in [0.15, 0.2) is 48.7 Å². The second-order valence-corrected chi connectivity index (χ2v) is 6.38. The lowest BCUT2D eigenvalue weighted by atomic mass is 10.1. The molecule has 3 aromatic rings.